The van der Waals surface area contributed by atoms with E-state index in [4.69, 9.17) is 14.2 Å². The van der Waals surface area contributed by atoms with Gasteiger partial charge in [-0.15, -0.1) is 0 Å². The molecule has 0 aliphatic heterocycles. The van der Waals surface area contributed by atoms with Crippen LogP contribution >= 0.6 is 0 Å². The number of benzene rings is 1. The lowest BCUT2D eigenvalue weighted by Gasteiger charge is -2.14. The smallest absolute Gasteiger partial charge is 0.169 e. The van der Waals surface area contributed by atoms with Gasteiger partial charge in [0.15, 0.2) is 11.5 Å². The van der Waals surface area contributed by atoms with Gasteiger partial charge in [-0.1, -0.05) is 13.8 Å². The molecule has 0 amide bonds. The lowest BCUT2D eigenvalue weighted by atomic mass is 10.1. The number of hydrogen-bond acceptors (Lipinski definition) is 3. The van der Waals surface area contributed by atoms with Crippen molar-refractivity contribution in [3.63, 3.8) is 0 Å². The highest BCUT2D eigenvalue weighted by Gasteiger charge is 2.17. The van der Waals surface area contributed by atoms with Crippen molar-refractivity contribution in [2.75, 3.05) is 21.3 Å². The van der Waals surface area contributed by atoms with E-state index in [1.165, 1.54) is 21.3 Å². The van der Waals surface area contributed by atoms with E-state index in [9.17, 15) is 4.39 Å². The maximum Gasteiger partial charge on any atom is 0.169 e. The third-order valence-electron chi connectivity index (χ3n) is 2.17. The van der Waals surface area contributed by atoms with E-state index in [-0.39, 0.29) is 12.4 Å². The molecule has 0 radical (unpaired) electrons. The van der Waals surface area contributed by atoms with Gasteiger partial charge >= 0.3 is 0 Å². The molecule has 0 atom stereocenters. The molecule has 0 heterocycles. The van der Waals surface area contributed by atoms with Gasteiger partial charge < -0.3 is 14.2 Å². The molecule has 0 bridgehead atoms. The van der Waals surface area contributed by atoms with E-state index in [1.54, 1.807) is 13.0 Å². The number of ether oxygens (including phenoxy) is 3. The van der Waals surface area contributed by atoms with Gasteiger partial charge in [0.2, 0.25) is 0 Å². The molecule has 3 nitrogen and oxygen atoms in total. The SMILES string of the molecule is CC.COCc1c(F)c(C)cc(OC)c1OC. The minimum Gasteiger partial charge on any atom is -0.493 e. The Morgan fingerprint density at radius 1 is 1.12 bits per heavy atom. The first-order valence-corrected chi connectivity index (χ1v) is 5.54. The molecule has 17 heavy (non-hydrogen) atoms. The van der Waals surface area contributed by atoms with Crippen LogP contribution in [0.15, 0.2) is 6.07 Å². The van der Waals surface area contributed by atoms with Crippen LogP contribution in [0.3, 0.4) is 0 Å². The summed E-state index contributed by atoms with van der Waals surface area (Å²) in [5.41, 5.74) is 0.900. The van der Waals surface area contributed by atoms with Crippen LogP contribution in [0, 0.1) is 12.7 Å². The summed E-state index contributed by atoms with van der Waals surface area (Å²) in [6.07, 6.45) is 0. The zero-order valence-electron chi connectivity index (χ0n) is 11.4. The molecule has 0 saturated carbocycles. The van der Waals surface area contributed by atoms with Crippen molar-refractivity contribution in [2.24, 2.45) is 0 Å². The van der Waals surface area contributed by atoms with E-state index in [1.807, 2.05) is 13.8 Å². The maximum atomic E-state index is 13.7. The minimum atomic E-state index is -0.311. The van der Waals surface area contributed by atoms with Crippen LogP contribution < -0.4 is 9.47 Å². The van der Waals surface area contributed by atoms with Crippen molar-refractivity contribution in [1.82, 2.24) is 0 Å². The first-order valence-electron chi connectivity index (χ1n) is 5.54. The Balaban J connectivity index is 0.00000121. The Morgan fingerprint density at radius 2 is 1.71 bits per heavy atom. The largest absolute Gasteiger partial charge is 0.493 e. The zero-order chi connectivity index (χ0) is 13.4. The van der Waals surface area contributed by atoms with Crippen LogP contribution in [0.1, 0.15) is 25.0 Å². The highest BCUT2D eigenvalue weighted by Crippen LogP contribution is 2.35. The Kier molecular flexibility index (Phi) is 7.30. The first kappa shape index (κ1) is 15.7. The predicted molar refractivity (Wildman–Crippen MR) is 66.3 cm³/mol. The molecule has 0 saturated heterocycles. The van der Waals surface area contributed by atoms with Crippen molar-refractivity contribution >= 4 is 0 Å². The monoisotopic (exact) mass is 244 g/mol. The summed E-state index contributed by atoms with van der Waals surface area (Å²) in [5.74, 6) is 0.598. The first-order chi connectivity index (χ1) is 8.15. The van der Waals surface area contributed by atoms with Gasteiger partial charge in [0.25, 0.3) is 0 Å². The molecule has 1 rings (SSSR count). The van der Waals surface area contributed by atoms with Crippen molar-refractivity contribution in [3.8, 4) is 11.5 Å². The van der Waals surface area contributed by atoms with Crippen molar-refractivity contribution in [2.45, 2.75) is 27.4 Å². The van der Waals surface area contributed by atoms with E-state index in [0.29, 0.717) is 22.6 Å². The average molecular weight is 244 g/mol. The van der Waals surface area contributed by atoms with Crippen molar-refractivity contribution in [3.05, 3.63) is 23.0 Å². The van der Waals surface area contributed by atoms with Crippen LogP contribution in [0.5, 0.6) is 11.5 Å². The summed E-state index contributed by atoms with van der Waals surface area (Å²) in [5, 5.41) is 0. The second-order valence-electron chi connectivity index (χ2n) is 3.15. The Hall–Kier alpha value is -1.29. The van der Waals surface area contributed by atoms with Crippen LogP contribution in [0.25, 0.3) is 0 Å². The Bertz CT molecular complexity index is 351. The van der Waals surface area contributed by atoms with Crippen molar-refractivity contribution in [1.29, 1.82) is 0 Å². The maximum absolute atomic E-state index is 13.7. The molecule has 4 heteroatoms. The minimum absolute atomic E-state index is 0.160. The summed E-state index contributed by atoms with van der Waals surface area (Å²) in [4.78, 5) is 0. The fraction of sp³-hybridized carbons (Fsp3) is 0.538. The molecule has 0 aliphatic carbocycles. The van der Waals surface area contributed by atoms with Crippen LogP contribution in [0.4, 0.5) is 4.39 Å². The Labute approximate surface area is 102 Å². The zero-order valence-corrected chi connectivity index (χ0v) is 11.4. The van der Waals surface area contributed by atoms with E-state index in [0.717, 1.165) is 0 Å². The fourth-order valence-electron chi connectivity index (χ4n) is 1.46. The van der Waals surface area contributed by atoms with Gasteiger partial charge in [0.05, 0.1) is 26.4 Å². The normalized spacial score (nSPS) is 9.35. The van der Waals surface area contributed by atoms with Crippen LogP contribution in [-0.4, -0.2) is 21.3 Å². The van der Waals surface area contributed by atoms with Crippen LogP contribution in [-0.2, 0) is 11.3 Å². The molecule has 98 valence electrons. The summed E-state index contributed by atoms with van der Waals surface area (Å²) in [6.45, 7) is 5.84. The van der Waals surface area contributed by atoms with Gasteiger partial charge in [-0.25, -0.2) is 4.39 Å². The van der Waals surface area contributed by atoms with Gasteiger partial charge in [-0.3, -0.25) is 0 Å². The molecule has 0 fully saturated rings. The molecule has 0 unspecified atom stereocenters. The number of methoxy groups -OCH3 is 3. The molecule has 1 aromatic rings. The highest BCUT2D eigenvalue weighted by atomic mass is 19.1. The quantitative estimate of drug-likeness (QED) is 0.813. The molecular weight excluding hydrogens is 223 g/mol. The predicted octanol–water partition coefficient (Wildman–Crippen LogP) is 3.32. The summed E-state index contributed by atoms with van der Waals surface area (Å²) in [6, 6.07) is 1.60. The topological polar surface area (TPSA) is 27.7 Å². The van der Waals surface area contributed by atoms with E-state index >= 15 is 0 Å². The number of hydrogen-bond donors (Lipinski definition) is 0. The standard InChI is InChI=1S/C11H15FO3.C2H6/c1-7-5-9(14-3)11(15-4)8(6-13-2)10(7)12;1-2/h5H,6H2,1-4H3;1-2H3. The molecule has 0 N–H and O–H groups in total. The summed E-state index contributed by atoms with van der Waals surface area (Å²) in [7, 11) is 4.51. The van der Waals surface area contributed by atoms with Crippen LogP contribution in [0.2, 0.25) is 0 Å². The van der Waals surface area contributed by atoms with E-state index in [2.05, 4.69) is 0 Å². The third kappa shape index (κ3) is 3.60. The number of aryl methyl sites for hydroxylation is 1. The van der Waals surface area contributed by atoms with Gasteiger partial charge in [0, 0.05) is 7.11 Å². The van der Waals surface area contributed by atoms with Gasteiger partial charge in [0.1, 0.15) is 5.82 Å². The highest BCUT2D eigenvalue weighted by molar-refractivity contribution is 5.50. The average Bonchev–Trinajstić information content (AvgIpc) is 2.37. The van der Waals surface area contributed by atoms with Crippen molar-refractivity contribution < 1.29 is 18.6 Å². The molecule has 0 aromatic heterocycles. The van der Waals surface area contributed by atoms with E-state index < -0.39 is 0 Å². The molecule has 0 aliphatic rings. The second-order valence-corrected chi connectivity index (χ2v) is 3.15. The van der Waals surface area contributed by atoms with Gasteiger partial charge in [-0.2, -0.15) is 0 Å². The Morgan fingerprint density at radius 3 is 2.12 bits per heavy atom. The second kappa shape index (κ2) is 7.90. The summed E-state index contributed by atoms with van der Waals surface area (Å²) < 4.78 is 28.9. The molecule has 1 aromatic carbocycles. The molecule has 0 spiro atoms. The lowest BCUT2D eigenvalue weighted by molar-refractivity contribution is 0.176. The lowest BCUT2D eigenvalue weighted by Crippen LogP contribution is -2.02. The fourth-order valence-corrected chi connectivity index (χ4v) is 1.46. The number of rotatable bonds is 4. The number of halogens is 1. The molecular formula is C13H21FO3. The van der Waals surface area contributed by atoms with Gasteiger partial charge in [-0.05, 0) is 18.6 Å². The summed E-state index contributed by atoms with van der Waals surface area (Å²) >= 11 is 0. The third-order valence-corrected chi connectivity index (χ3v) is 2.17.